The Kier molecular flexibility index (Phi) is 6.93. The van der Waals surface area contributed by atoms with Crippen LogP contribution < -0.4 is 10.1 Å². The standard InChI is InChI=1S/C31H26F7N3O2/c1-29-15-17-16-39-41(21-7-3-19(32)4-8-21)26(17)14-18(29)2-11-23-24(29)12-13-25(30(33,34)35)27(23)28(42)40-20-5-9-22(10-6-20)43-31(36,37)38/h3-10,12,14,16,23,25,27H,2,11,13,15H2,1H3,(H,40,42)/t23-,25+,27+,29-/m0/s1. The lowest BCUT2D eigenvalue weighted by Gasteiger charge is -2.50. The molecule has 2 aromatic carbocycles. The van der Waals surface area contributed by atoms with E-state index in [0.29, 0.717) is 24.9 Å². The van der Waals surface area contributed by atoms with Gasteiger partial charge in [0.15, 0.2) is 0 Å². The molecule has 3 aromatic rings. The molecule has 0 bridgehead atoms. The van der Waals surface area contributed by atoms with Crippen molar-refractivity contribution in [2.45, 2.75) is 45.1 Å². The minimum atomic E-state index is -4.90. The van der Waals surface area contributed by atoms with Gasteiger partial charge in [0, 0.05) is 11.1 Å². The largest absolute Gasteiger partial charge is 0.573 e. The third-order valence-electron chi connectivity index (χ3n) is 8.82. The molecule has 0 radical (unpaired) electrons. The van der Waals surface area contributed by atoms with Crippen molar-refractivity contribution in [1.29, 1.82) is 0 Å². The summed E-state index contributed by atoms with van der Waals surface area (Å²) in [6.07, 6.45) is -3.31. The molecule has 3 aliphatic carbocycles. The highest BCUT2D eigenvalue weighted by atomic mass is 19.4. The lowest BCUT2D eigenvalue weighted by molar-refractivity contribution is -0.274. The average Bonchev–Trinajstić information content (AvgIpc) is 3.33. The Morgan fingerprint density at radius 1 is 1.05 bits per heavy atom. The monoisotopic (exact) mass is 605 g/mol. The first-order chi connectivity index (χ1) is 20.2. The van der Waals surface area contributed by atoms with Crippen molar-refractivity contribution in [3.05, 3.63) is 89.0 Å². The summed E-state index contributed by atoms with van der Waals surface area (Å²) in [6.45, 7) is 1.98. The van der Waals surface area contributed by atoms with Crippen molar-refractivity contribution in [1.82, 2.24) is 9.78 Å². The molecule has 3 aliphatic rings. The fourth-order valence-electron chi connectivity index (χ4n) is 6.90. The molecule has 6 rings (SSSR count). The van der Waals surface area contributed by atoms with Gasteiger partial charge in [-0.25, -0.2) is 9.07 Å². The first kappa shape index (κ1) is 29.0. The van der Waals surface area contributed by atoms with Crippen molar-refractivity contribution in [3.8, 4) is 11.4 Å². The van der Waals surface area contributed by atoms with Crippen LogP contribution in [0.3, 0.4) is 0 Å². The van der Waals surface area contributed by atoms with E-state index >= 15 is 0 Å². The van der Waals surface area contributed by atoms with E-state index in [-0.39, 0.29) is 17.9 Å². The molecule has 12 heteroatoms. The minimum absolute atomic E-state index is 0.0645. The van der Waals surface area contributed by atoms with Gasteiger partial charge in [-0.05, 0) is 91.8 Å². The van der Waals surface area contributed by atoms with Crippen molar-refractivity contribution in [2.75, 3.05) is 5.32 Å². The number of nitrogens with one attached hydrogen (secondary N) is 1. The Morgan fingerprint density at radius 2 is 1.74 bits per heavy atom. The maximum atomic E-state index is 14.3. The average molecular weight is 606 g/mol. The third kappa shape index (κ3) is 5.43. The fourth-order valence-corrected chi connectivity index (χ4v) is 6.90. The predicted molar refractivity (Wildman–Crippen MR) is 144 cm³/mol. The molecule has 1 heterocycles. The van der Waals surface area contributed by atoms with E-state index in [1.54, 1.807) is 29.1 Å². The zero-order chi connectivity index (χ0) is 30.7. The molecule has 0 saturated heterocycles. The van der Waals surface area contributed by atoms with E-state index in [1.807, 2.05) is 13.0 Å². The Hall–Kier alpha value is -4.09. The summed E-state index contributed by atoms with van der Waals surface area (Å²) in [5.74, 6) is -5.75. The number of amides is 1. The third-order valence-corrected chi connectivity index (χ3v) is 8.82. The molecule has 226 valence electrons. The summed E-state index contributed by atoms with van der Waals surface area (Å²) in [6, 6.07) is 10.2. The molecule has 0 unspecified atom stereocenters. The van der Waals surface area contributed by atoms with Crippen LogP contribution in [0.15, 0.2) is 72.0 Å². The lowest BCUT2D eigenvalue weighted by atomic mass is 9.54. The van der Waals surface area contributed by atoms with E-state index in [4.69, 9.17) is 0 Å². The molecule has 1 saturated carbocycles. The van der Waals surface area contributed by atoms with Crippen molar-refractivity contribution in [3.63, 3.8) is 0 Å². The fraction of sp³-hybridized carbons (Fsp3) is 0.355. The van der Waals surface area contributed by atoms with Gasteiger partial charge >= 0.3 is 12.5 Å². The summed E-state index contributed by atoms with van der Waals surface area (Å²) in [4.78, 5) is 13.5. The molecule has 5 nitrogen and oxygen atoms in total. The van der Waals surface area contributed by atoms with E-state index in [9.17, 15) is 35.5 Å². The Bertz CT molecular complexity index is 1600. The number of carbonyl (C=O) groups is 1. The molecular formula is C31H26F7N3O2. The van der Waals surface area contributed by atoms with Crippen LogP contribution in [0, 0.1) is 29.0 Å². The maximum Gasteiger partial charge on any atom is 0.573 e. The number of halogens is 7. The van der Waals surface area contributed by atoms with Crippen molar-refractivity contribution in [2.24, 2.45) is 23.2 Å². The number of nitrogens with zero attached hydrogens (tertiary/aromatic N) is 2. The maximum absolute atomic E-state index is 14.3. The van der Waals surface area contributed by atoms with Crippen LogP contribution in [0.1, 0.15) is 37.4 Å². The van der Waals surface area contributed by atoms with Crippen LogP contribution >= 0.6 is 0 Å². The van der Waals surface area contributed by atoms with Gasteiger partial charge in [0.1, 0.15) is 11.6 Å². The zero-order valence-corrected chi connectivity index (χ0v) is 22.8. The Morgan fingerprint density at radius 3 is 2.40 bits per heavy atom. The number of carbonyl (C=O) groups excluding carboxylic acids is 1. The lowest BCUT2D eigenvalue weighted by Crippen LogP contribution is -2.49. The molecule has 1 aromatic heterocycles. The number of ether oxygens (including phenoxy) is 1. The highest BCUT2D eigenvalue weighted by Gasteiger charge is 2.56. The van der Waals surface area contributed by atoms with E-state index in [1.165, 1.54) is 12.1 Å². The first-order valence-corrected chi connectivity index (χ1v) is 13.7. The van der Waals surface area contributed by atoms with Crippen molar-refractivity contribution < 1.29 is 40.3 Å². The summed E-state index contributed by atoms with van der Waals surface area (Å²) in [7, 11) is 0. The summed E-state index contributed by atoms with van der Waals surface area (Å²) < 4.78 is 99.4. The van der Waals surface area contributed by atoms with Crippen molar-refractivity contribution >= 4 is 17.7 Å². The number of anilines is 1. The van der Waals surface area contributed by atoms with Gasteiger partial charge in [-0.15, -0.1) is 13.2 Å². The van der Waals surface area contributed by atoms with Crippen LogP contribution in [0.25, 0.3) is 11.8 Å². The number of alkyl halides is 6. The molecule has 43 heavy (non-hydrogen) atoms. The van der Waals surface area contributed by atoms with E-state index < -0.39 is 47.4 Å². The Labute approximate surface area is 242 Å². The van der Waals surface area contributed by atoms with Crippen LogP contribution in [0.2, 0.25) is 0 Å². The quantitative estimate of drug-likeness (QED) is 0.242. The molecule has 0 spiro atoms. The minimum Gasteiger partial charge on any atom is -0.406 e. The topological polar surface area (TPSA) is 56.2 Å². The van der Waals surface area contributed by atoms with Gasteiger partial charge < -0.3 is 10.1 Å². The van der Waals surface area contributed by atoms with Gasteiger partial charge in [-0.2, -0.15) is 18.3 Å². The molecule has 1 N–H and O–H groups in total. The number of fused-ring (bicyclic) bond motifs is 4. The number of aromatic nitrogens is 2. The predicted octanol–water partition coefficient (Wildman–Crippen LogP) is 8.03. The number of hydrogen-bond acceptors (Lipinski definition) is 3. The number of hydrogen-bond donors (Lipinski definition) is 1. The first-order valence-electron chi connectivity index (χ1n) is 13.7. The SMILES string of the molecule is C[C@]12Cc3cnn(-c4ccc(F)cc4)c3C=C1CC[C@H]1C2=CC[C@@H](C(F)(F)F)[C@@H]1C(=O)Nc1ccc(OC(F)(F)F)cc1. The Balaban J connectivity index is 1.29. The smallest absolute Gasteiger partial charge is 0.406 e. The van der Waals surface area contributed by atoms with Gasteiger partial charge in [0.2, 0.25) is 5.91 Å². The van der Waals surface area contributed by atoms with Crippen LogP contribution in [0.5, 0.6) is 5.75 Å². The van der Waals surface area contributed by atoms with Gasteiger partial charge in [-0.1, -0.05) is 24.1 Å². The van der Waals surface area contributed by atoms with E-state index in [0.717, 1.165) is 46.7 Å². The van der Waals surface area contributed by atoms with Crippen LogP contribution in [-0.2, 0) is 11.2 Å². The molecule has 1 fully saturated rings. The van der Waals surface area contributed by atoms with Gasteiger partial charge in [0.25, 0.3) is 0 Å². The summed E-state index contributed by atoms with van der Waals surface area (Å²) in [5.41, 5.74) is 3.63. The second kappa shape index (κ2) is 10.3. The number of rotatable bonds is 4. The second-order valence-electron chi connectivity index (χ2n) is 11.4. The molecular weight excluding hydrogens is 579 g/mol. The summed E-state index contributed by atoms with van der Waals surface area (Å²) >= 11 is 0. The van der Waals surface area contributed by atoms with E-state index in [2.05, 4.69) is 15.2 Å². The van der Waals surface area contributed by atoms with Gasteiger partial charge in [-0.3, -0.25) is 4.79 Å². The molecule has 1 amide bonds. The van der Waals surface area contributed by atoms with Crippen LogP contribution in [0.4, 0.5) is 36.4 Å². The number of benzene rings is 2. The highest BCUT2D eigenvalue weighted by Crippen LogP contribution is 2.59. The normalized spacial score (nSPS) is 25.1. The summed E-state index contributed by atoms with van der Waals surface area (Å²) in [5, 5.41) is 7.00. The second-order valence-corrected chi connectivity index (χ2v) is 11.4. The highest BCUT2D eigenvalue weighted by molar-refractivity contribution is 5.93. The van der Waals surface area contributed by atoms with Crippen LogP contribution in [-0.4, -0.2) is 28.2 Å². The van der Waals surface area contributed by atoms with Gasteiger partial charge in [0.05, 0.1) is 29.4 Å². The zero-order valence-electron chi connectivity index (χ0n) is 22.8. The molecule has 0 aliphatic heterocycles. The molecule has 4 atom stereocenters. The number of allylic oxidation sites excluding steroid dienone is 3.